The molecule has 0 fully saturated rings. The number of hydrogen-bond donors (Lipinski definition) is 1. The average molecular weight is 247 g/mol. The first-order chi connectivity index (χ1) is 8.58. The Labute approximate surface area is 111 Å². The summed E-state index contributed by atoms with van der Waals surface area (Å²) >= 11 is 0. The third kappa shape index (κ3) is 4.17. The van der Waals surface area contributed by atoms with Crippen LogP contribution in [0.15, 0.2) is 24.3 Å². The van der Waals surface area contributed by atoms with Gasteiger partial charge in [0.1, 0.15) is 0 Å². The van der Waals surface area contributed by atoms with Crippen LogP contribution in [0.1, 0.15) is 58.4 Å². The third-order valence-corrected chi connectivity index (χ3v) is 3.53. The average Bonchev–Trinajstić information content (AvgIpc) is 2.39. The molecule has 1 aromatic carbocycles. The second-order valence-corrected chi connectivity index (χ2v) is 5.11. The molecule has 2 unspecified atom stereocenters. The fourth-order valence-corrected chi connectivity index (χ4v) is 1.96. The lowest BCUT2D eigenvalue weighted by Gasteiger charge is -2.13. The van der Waals surface area contributed by atoms with E-state index in [1.807, 2.05) is 19.1 Å². The Hall–Kier alpha value is -1.31. The van der Waals surface area contributed by atoms with Crippen LogP contribution in [-0.2, 0) is 4.79 Å². The summed E-state index contributed by atoms with van der Waals surface area (Å²) in [6.45, 7) is 8.49. The van der Waals surface area contributed by atoms with Crippen LogP contribution in [0.25, 0.3) is 0 Å². The minimum absolute atomic E-state index is 0.0873. The van der Waals surface area contributed by atoms with Crippen molar-refractivity contribution in [1.82, 2.24) is 0 Å². The Kier molecular flexibility index (Phi) is 5.90. The quantitative estimate of drug-likeness (QED) is 0.783. The van der Waals surface area contributed by atoms with Crippen molar-refractivity contribution in [1.29, 1.82) is 0 Å². The number of benzene rings is 1. The predicted molar refractivity (Wildman–Crippen MR) is 77.8 cm³/mol. The van der Waals surface area contributed by atoms with Gasteiger partial charge in [-0.3, -0.25) is 4.79 Å². The van der Waals surface area contributed by atoms with E-state index in [0.717, 1.165) is 24.9 Å². The third-order valence-electron chi connectivity index (χ3n) is 3.53. The number of rotatable bonds is 6. The molecule has 2 nitrogen and oxygen atoms in total. The van der Waals surface area contributed by atoms with Crippen molar-refractivity contribution in [3.8, 4) is 0 Å². The van der Waals surface area contributed by atoms with E-state index in [1.165, 1.54) is 5.56 Å². The van der Waals surface area contributed by atoms with Gasteiger partial charge in [0.05, 0.1) is 0 Å². The zero-order valence-electron chi connectivity index (χ0n) is 12.0. The lowest BCUT2D eigenvalue weighted by Crippen LogP contribution is -2.20. The van der Waals surface area contributed by atoms with Crippen LogP contribution in [0, 0.1) is 5.92 Å². The number of carbonyl (C=O) groups excluding carboxylic acids is 1. The van der Waals surface area contributed by atoms with Crippen molar-refractivity contribution >= 4 is 11.6 Å². The summed E-state index contributed by atoms with van der Waals surface area (Å²) in [6.07, 6.45) is 3.12. The molecular weight excluding hydrogens is 222 g/mol. The molecule has 1 N–H and O–H groups in total. The van der Waals surface area contributed by atoms with Gasteiger partial charge in [-0.15, -0.1) is 0 Å². The second kappa shape index (κ2) is 7.20. The molecule has 0 saturated heterocycles. The van der Waals surface area contributed by atoms with Crippen LogP contribution >= 0.6 is 0 Å². The normalized spacial score (nSPS) is 14.0. The highest BCUT2D eigenvalue weighted by Crippen LogP contribution is 2.21. The van der Waals surface area contributed by atoms with Gasteiger partial charge < -0.3 is 5.32 Å². The van der Waals surface area contributed by atoms with E-state index >= 15 is 0 Å². The molecule has 0 bridgehead atoms. The van der Waals surface area contributed by atoms with E-state index < -0.39 is 0 Å². The fourth-order valence-electron chi connectivity index (χ4n) is 1.96. The number of amides is 1. The summed E-state index contributed by atoms with van der Waals surface area (Å²) < 4.78 is 0. The van der Waals surface area contributed by atoms with E-state index in [1.54, 1.807) is 0 Å². The smallest absolute Gasteiger partial charge is 0.227 e. The molecule has 0 saturated carbocycles. The minimum Gasteiger partial charge on any atom is -0.326 e. The molecule has 2 heteroatoms. The van der Waals surface area contributed by atoms with E-state index in [0.29, 0.717) is 5.92 Å². The van der Waals surface area contributed by atoms with Gasteiger partial charge in [-0.2, -0.15) is 0 Å². The summed E-state index contributed by atoms with van der Waals surface area (Å²) in [5, 5.41) is 2.97. The second-order valence-electron chi connectivity index (χ2n) is 5.11. The lowest BCUT2D eigenvalue weighted by molar-refractivity contribution is -0.119. The summed E-state index contributed by atoms with van der Waals surface area (Å²) in [5.74, 6) is 0.783. The molecule has 0 radical (unpaired) electrons. The van der Waals surface area contributed by atoms with Crippen LogP contribution in [0.5, 0.6) is 0 Å². The van der Waals surface area contributed by atoms with Crippen molar-refractivity contribution in [2.75, 3.05) is 5.32 Å². The molecule has 2 atom stereocenters. The molecule has 0 aliphatic rings. The van der Waals surface area contributed by atoms with E-state index in [9.17, 15) is 4.79 Å². The van der Waals surface area contributed by atoms with Gasteiger partial charge in [0.15, 0.2) is 0 Å². The van der Waals surface area contributed by atoms with Gasteiger partial charge in [0.2, 0.25) is 5.91 Å². The Morgan fingerprint density at radius 2 is 1.78 bits per heavy atom. The standard InChI is InChI=1S/C16H25NO/c1-5-7-13(4)16(18)17-15-10-8-14(9-11-15)12(3)6-2/h8-13H,5-7H2,1-4H3,(H,17,18). The van der Waals surface area contributed by atoms with Crippen molar-refractivity contribution in [3.63, 3.8) is 0 Å². The summed E-state index contributed by atoms with van der Waals surface area (Å²) in [4.78, 5) is 11.9. The molecule has 0 aliphatic carbocycles. The van der Waals surface area contributed by atoms with Gasteiger partial charge in [-0.25, -0.2) is 0 Å². The topological polar surface area (TPSA) is 29.1 Å². The molecule has 1 rings (SSSR count). The van der Waals surface area contributed by atoms with Gasteiger partial charge in [-0.05, 0) is 36.5 Å². The van der Waals surface area contributed by atoms with Crippen LogP contribution < -0.4 is 5.32 Å². The molecule has 1 aromatic rings. The zero-order chi connectivity index (χ0) is 13.5. The van der Waals surface area contributed by atoms with Crippen molar-refractivity contribution in [2.45, 2.75) is 52.9 Å². The Balaban J connectivity index is 2.61. The molecule has 0 spiro atoms. The van der Waals surface area contributed by atoms with Crippen molar-refractivity contribution < 1.29 is 4.79 Å². The first-order valence-corrected chi connectivity index (χ1v) is 6.99. The largest absolute Gasteiger partial charge is 0.326 e. The monoisotopic (exact) mass is 247 g/mol. The van der Waals surface area contributed by atoms with Crippen LogP contribution in [0.2, 0.25) is 0 Å². The number of carbonyl (C=O) groups is 1. The minimum atomic E-state index is 0.0873. The van der Waals surface area contributed by atoms with E-state index in [-0.39, 0.29) is 11.8 Å². The summed E-state index contributed by atoms with van der Waals surface area (Å²) in [7, 11) is 0. The van der Waals surface area contributed by atoms with Crippen LogP contribution in [0.4, 0.5) is 5.69 Å². The highest BCUT2D eigenvalue weighted by Gasteiger charge is 2.11. The van der Waals surface area contributed by atoms with E-state index in [2.05, 4.69) is 38.2 Å². The predicted octanol–water partition coefficient (Wildman–Crippen LogP) is 4.57. The van der Waals surface area contributed by atoms with Crippen LogP contribution in [0.3, 0.4) is 0 Å². The van der Waals surface area contributed by atoms with Gasteiger partial charge in [0, 0.05) is 11.6 Å². The molecule has 1 amide bonds. The maximum Gasteiger partial charge on any atom is 0.227 e. The first kappa shape index (κ1) is 14.7. The molecular formula is C16H25NO. The molecule has 0 aromatic heterocycles. The Morgan fingerprint density at radius 1 is 1.17 bits per heavy atom. The zero-order valence-corrected chi connectivity index (χ0v) is 12.0. The number of anilines is 1. The SMILES string of the molecule is CCCC(C)C(=O)Nc1ccc(C(C)CC)cc1. The van der Waals surface area contributed by atoms with Gasteiger partial charge >= 0.3 is 0 Å². The van der Waals surface area contributed by atoms with E-state index in [4.69, 9.17) is 0 Å². The maximum atomic E-state index is 11.9. The molecule has 0 aliphatic heterocycles. The Bertz CT molecular complexity index is 369. The van der Waals surface area contributed by atoms with Gasteiger partial charge in [0.25, 0.3) is 0 Å². The van der Waals surface area contributed by atoms with Gasteiger partial charge in [-0.1, -0.05) is 46.2 Å². The van der Waals surface area contributed by atoms with Crippen LogP contribution in [-0.4, -0.2) is 5.91 Å². The summed E-state index contributed by atoms with van der Waals surface area (Å²) in [5.41, 5.74) is 2.23. The Morgan fingerprint density at radius 3 is 2.28 bits per heavy atom. The van der Waals surface area contributed by atoms with Crippen molar-refractivity contribution in [3.05, 3.63) is 29.8 Å². The molecule has 100 valence electrons. The maximum absolute atomic E-state index is 11.9. The molecule has 0 heterocycles. The number of hydrogen-bond acceptors (Lipinski definition) is 1. The fraction of sp³-hybridized carbons (Fsp3) is 0.562. The highest BCUT2D eigenvalue weighted by atomic mass is 16.1. The lowest BCUT2D eigenvalue weighted by atomic mass is 9.98. The summed E-state index contributed by atoms with van der Waals surface area (Å²) in [6, 6.07) is 8.21. The molecule has 18 heavy (non-hydrogen) atoms. The highest BCUT2D eigenvalue weighted by molar-refractivity contribution is 5.92. The number of nitrogens with one attached hydrogen (secondary N) is 1. The van der Waals surface area contributed by atoms with Crippen molar-refractivity contribution in [2.24, 2.45) is 5.92 Å². The first-order valence-electron chi connectivity index (χ1n) is 6.99.